The van der Waals surface area contributed by atoms with E-state index in [0.717, 1.165) is 12.6 Å². The average molecular weight is 326 g/mol. The smallest absolute Gasteiger partial charge is 0.153 e. The first-order valence-electron chi connectivity index (χ1n) is 5.92. The second-order valence-electron chi connectivity index (χ2n) is 4.28. The van der Waals surface area contributed by atoms with Crippen molar-refractivity contribution >= 4 is 22.2 Å². The Hall–Kier alpha value is -1.56. The van der Waals surface area contributed by atoms with Gasteiger partial charge in [-0.2, -0.15) is 5.10 Å². The van der Waals surface area contributed by atoms with Crippen molar-refractivity contribution in [3.05, 3.63) is 34.4 Å². The van der Waals surface area contributed by atoms with Crippen LogP contribution in [0.4, 0.5) is 4.39 Å². The Labute approximate surface area is 118 Å². The number of halogens is 2. The molecule has 1 unspecified atom stereocenters. The van der Waals surface area contributed by atoms with Crippen LogP contribution < -0.4 is 0 Å². The molecule has 4 nitrogen and oxygen atoms in total. The van der Waals surface area contributed by atoms with Crippen LogP contribution in [0.2, 0.25) is 0 Å². The summed E-state index contributed by atoms with van der Waals surface area (Å²) in [6.45, 7) is 4.01. The Kier molecular flexibility index (Phi) is 4.09. The summed E-state index contributed by atoms with van der Waals surface area (Å²) in [5.74, 6) is -0.499. The molecule has 0 radical (unpaired) electrons. The molecule has 2 aromatic heterocycles. The summed E-state index contributed by atoms with van der Waals surface area (Å²) in [5, 5.41) is 4.32. The molecule has 6 heteroatoms. The predicted octanol–water partition coefficient (Wildman–Crippen LogP) is 3.63. The van der Waals surface area contributed by atoms with Crippen LogP contribution in [0.5, 0.6) is 0 Å². The lowest BCUT2D eigenvalue weighted by atomic mass is 10.1. The van der Waals surface area contributed by atoms with E-state index in [0.29, 0.717) is 22.1 Å². The summed E-state index contributed by atoms with van der Waals surface area (Å²) in [6.07, 6.45) is 4.32. The number of hydrogen-bond donors (Lipinski definition) is 0. The molecular formula is C13H13BrFN3O. The molecule has 19 heavy (non-hydrogen) atoms. The standard InChI is InChI=1S/C13H13BrFN3O/c1-3-8(2)18-6-9(7-19)13(17-18)10-4-12(14)16-5-11(10)15/h4-8H,3H2,1-2H3. The fraction of sp³-hybridized carbons (Fsp3) is 0.308. The molecule has 2 heterocycles. The predicted molar refractivity (Wildman–Crippen MR) is 73.5 cm³/mol. The van der Waals surface area contributed by atoms with Crippen molar-refractivity contribution in [2.75, 3.05) is 0 Å². The van der Waals surface area contributed by atoms with Crippen molar-refractivity contribution in [3.8, 4) is 11.3 Å². The number of carbonyl (C=O) groups excluding carboxylic acids is 1. The molecule has 0 aliphatic rings. The van der Waals surface area contributed by atoms with Crippen molar-refractivity contribution < 1.29 is 9.18 Å². The van der Waals surface area contributed by atoms with Crippen molar-refractivity contribution in [1.29, 1.82) is 0 Å². The summed E-state index contributed by atoms with van der Waals surface area (Å²) >= 11 is 3.19. The first-order valence-corrected chi connectivity index (χ1v) is 6.71. The summed E-state index contributed by atoms with van der Waals surface area (Å²) < 4.78 is 16.0. The van der Waals surface area contributed by atoms with E-state index in [9.17, 15) is 9.18 Å². The van der Waals surface area contributed by atoms with Crippen LogP contribution in [0.25, 0.3) is 11.3 Å². The molecule has 2 rings (SSSR count). The molecule has 0 aromatic carbocycles. The van der Waals surface area contributed by atoms with Crippen molar-refractivity contribution in [1.82, 2.24) is 14.8 Å². The third-order valence-electron chi connectivity index (χ3n) is 3.01. The fourth-order valence-corrected chi connectivity index (χ4v) is 2.04. The zero-order valence-corrected chi connectivity index (χ0v) is 12.2. The molecule has 0 saturated heterocycles. The molecule has 0 aliphatic carbocycles. The monoisotopic (exact) mass is 325 g/mol. The lowest BCUT2D eigenvalue weighted by Crippen LogP contribution is -2.04. The molecule has 100 valence electrons. The second-order valence-corrected chi connectivity index (χ2v) is 5.09. The first kappa shape index (κ1) is 13.9. The Morgan fingerprint density at radius 1 is 1.58 bits per heavy atom. The highest BCUT2D eigenvalue weighted by Gasteiger charge is 2.17. The van der Waals surface area contributed by atoms with Gasteiger partial charge >= 0.3 is 0 Å². The van der Waals surface area contributed by atoms with Gasteiger partial charge in [-0.05, 0) is 35.3 Å². The second kappa shape index (κ2) is 5.61. The van der Waals surface area contributed by atoms with Gasteiger partial charge in [0.15, 0.2) is 12.1 Å². The topological polar surface area (TPSA) is 47.8 Å². The summed E-state index contributed by atoms with van der Waals surface area (Å²) in [4.78, 5) is 14.9. The third kappa shape index (κ3) is 2.73. The highest BCUT2D eigenvalue weighted by molar-refractivity contribution is 9.10. The van der Waals surface area contributed by atoms with Crippen LogP contribution in [-0.2, 0) is 0 Å². The van der Waals surface area contributed by atoms with E-state index in [1.807, 2.05) is 13.8 Å². The minimum atomic E-state index is -0.499. The molecule has 0 saturated carbocycles. The van der Waals surface area contributed by atoms with Gasteiger partial charge in [-0.25, -0.2) is 9.37 Å². The Morgan fingerprint density at radius 2 is 2.32 bits per heavy atom. The largest absolute Gasteiger partial charge is 0.298 e. The maximum absolute atomic E-state index is 13.8. The SMILES string of the molecule is CCC(C)n1cc(C=O)c(-c2cc(Br)ncc2F)n1. The van der Waals surface area contributed by atoms with E-state index in [1.165, 1.54) is 6.07 Å². The van der Waals surface area contributed by atoms with Gasteiger partial charge in [0.1, 0.15) is 10.3 Å². The van der Waals surface area contributed by atoms with Crippen molar-refractivity contribution in [2.24, 2.45) is 0 Å². The number of nitrogens with zero attached hydrogens (tertiary/aromatic N) is 3. The lowest BCUT2D eigenvalue weighted by Gasteiger charge is -2.08. The maximum Gasteiger partial charge on any atom is 0.153 e. The minimum Gasteiger partial charge on any atom is -0.298 e. The number of aldehydes is 1. The molecule has 0 N–H and O–H groups in total. The van der Waals surface area contributed by atoms with Gasteiger partial charge in [0, 0.05) is 17.8 Å². The molecule has 0 spiro atoms. The normalized spacial score (nSPS) is 12.4. The fourth-order valence-electron chi connectivity index (χ4n) is 1.71. The quantitative estimate of drug-likeness (QED) is 0.637. The van der Waals surface area contributed by atoms with Gasteiger partial charge in [0.05, 0.1) is 11.8 Å². The molecule has 0 fully saturated rings. The number of hydrogen-bond acceptors (Lipinski definition) is 3. The van der Waals surface area contributed by atoms with Gasteiger partial charge in [-0.3, -0.25) is 9.48 Å². The van der Waals surface area contributed by atoms with Gasteiger partial charge in [-0.1, -0.05) is 6.92 Å². The third-order valence-corrected chi connectivity index (χ3v) is 3.44. The Balaban J connectivity index is 2.57. The van der Waals surface area contributed by atoms with Gasteiger partial charge < -0.3 is 0 Å². The van der Waals surface area contributed by atoms with Gasteiger partial charge in [-0.15, -0.1) is 0 Å². The molecule has 0 bridgehead atoms. The molecular weight excluding hydrogens is 313 g/mol. The number of pyridine rings is 1. The van der Waals surface area contributed by atoms with Crippen LogP contribution in [0.1, 0.15) is 36.7 Å². The maximum atomic E-state index is 13.8. The van der Waals surface area contributed by atoms with Crippen LogP contribution in [0.3, 0.4) is 0 Å². The van der Waals surface area contributed by atoms with Crippen LogP contribution in [0.15, 0.2) is 23.1 Å². The lowest BCUT2D eigenvalue weighted by molar-refractivity contribution is 0.112. The number of carbonyl (C=O) groups is 1. The van der Waals surface area contributed by atoms with Crippen LogP contribution in [-0.4, -0.2) is 21.1 Å². The van der Waals surface area contributed by atoms with Crippen LogP contribution >= 0.6 is 15.9 Å². The van der Waals surface area contributed by atoms with E-state index in [4.69, 9.17) is 0 Å². The molecule has 0 aliphatic heterocycles. The van der Waals surface area contributed by atoms with E-state index in [1.54, 1.807) is 10.9 Å². The Bertz CT molecular complexity index is 612. The van der Waals surface area contributed by atoms with E-state index in [-0.39, 0.29) is 11.6 Å². The summed E-state index contributed by atoms with van der Waals surface area (Å²) in [6, 6.07) is 1.67. The average Bonchev–Trinajstić information content (AvgIpc) is 2.84. The highest BCUT2D eigenvalue weighted by Crippen LogP contribution is 2.27. The molecule has 1 atom stereocenters. The minimum absolute atomic E-state index is 0.154. The molecule has 0 amide bonds. The van der Waals surface area contributed by atoms with E-state index >= 15 is 0 Å². The zero-order valence-electron chi connectivity index (χ0n) is 10.6. The van der Waals surface area contributed by atoms with Gasteiger partial charge in [0.2, 0.25) is 0 Å². The summed E-state index contributed by atoms with van der Waals surface area (Å²) in [5.41, 5.74) is 0.985. The molecule has 2 aromatic rings. The zero-order chi connectivity index (χ0) is 14.0. The number of rotatable bonds is 4. The number of aromatic nitrogens is 3. The Morgan fingerprint density at radius 3 is 2.95 bits per heavy atom. The summed E-state index contributed by atoms with van der Waals surface area (Å²) in [7, 11) is 0. The van der Waals surface area contributed by atoms with Gasteiger partial charge in [0.25, 0.3) is 0 Å². The highest BCUT2D eigenvalue weighted by atomic mass is 79.9. The van der Waals surface area contributed by atoms with Crippen LogP contribution in [0, 0.1) is 5.82 Å². The van der Waals surface area contributed by atoms with Crippen molar-refractivity contribution in [3.63, 3.8) is 0 Å². The first-order chi connectivity index (χ1) is 9.06. The van der Waals surface area contributed by atoms with E-state index < -0.39 is 5.82 Å². The van der Waals surface area contributed by atoms with Crippen molar-refractivity contribution in [2.45, 2.75) is 26.3 Å². The van der Waals surface area contributed by atoms with E-state index in [2.05, 4.69) is 26.0 Å².